The molecule has 0 unspecified atom stereocenters. The van der Waals surface area contributed by atoms with Crippen molar-refractivity contribution in [2.24, 2.45) is 0 Å². The van der Waals surface area contributed by atoms with Gasteiger partial charge in [-0.3, -0.25) is 4.90 Å². The van der Waals surface area contributed by atoms with Gasteiger partial charge in [0.2, 0.25) is 0 Å². The van der Waals surface area contributed by atoms with Crippen LogP contribution < -0.4 is 0 Å². The van der Waals surface area contributed by atoms with Gasteiger partial charge in [0.15, 0.2) is 0 Å². The van der Waals surface area contributed by atoms with Gasteiger partial charge in [-0.25, -0.2) is 4.79 Å². The Morgan fingerprint density at radius 1 is 1.45 bits per heavy atom. The fourth-order valence-electron chi connectivity index (χ4n) is 2.31. The van der Waals surface area contributed by atoms with Gasteiger partial charge in [-0.05, 0) is 30.5 Å². The Morgan fingerprint density at radius 3 is 2.75 bits per heavy atom. The number of carbonyl (C=O) groups is 1. The minimum absolute atomic E-state index is 0.0581. The number of benzene rings is 1. The molecule has 1 aromatic carbocycles. The van der Waals surface area contributed by atoms with E-state index < -0.39 is 5.97 Å². The highest BCUT2D eigenvalue weighted by molar-refractivity contribution is 9.10. The molecule has 110 valence electrons. The second-order valence-electron chi connectivity index (χ2n) is 4.92. The zero-order valence-electron chi connectivity index (χ0n) is 11.0. The third kappa shape index (κ3) is 4.74. The van der Waals surface area contributed by atoms with Crippen LogP contribution in [0.1, 0.15) is 18.4 Å². The standard InChI is InChI=1S/C14H17BrClNO3/c15-11-2-1-10(13(16)7-11)8-17-5-3-12(4-6-17)20-9-14(18)19/h1-2,7,12H,3-6,8-9H2,(H,18,19). The number of aliphatic carboxylic acids is 1. The molecule has 0 spiro atoms. The summed E-state index contributed by atoms with van der Waals surface area (Å²) in [4.78, 5) is 12.8. The van der Waals surface area contributed by atoms with Crippen molar-refractivity contribution in [1.82, 2.24) is 4.90 Å². The van der Waals surface area contributed by atoms with Gasteiger partial charge in [0.25, 0.3) is 0 Å². The summed E-state index contributed by atoms with van der Waals surface area (Å²) in [5.41, 5.74) is 1.11. The first-order valence-electron chi connectivity index (χ1n) is 6.54. The summed E-state index contributed by atoms with van der Waals surface area (Å²) >= 11 is 9.61. The van der Waals surface area contributed by atoms with Crippen molar-refractivity contribution in [3.63, 3.8) is 0 Å². The van der Waals surface area contributed by atoms with Gasteiger partial charge in [0.1, 0.15) is 6.61 Å². The number of carboxylic acid groups (broad SMARTS) is 1. The Morgan fingerprint density at radius 2 is 2.15 bits per heavy atom. The Hall–Kier alpha value is -0.620. The number of piperidine rings is 1. The highest BCUT2D eigenvalue weighted by Gasteiger charge is 2.20. The fraction of sp³-hybridized carbons (Fsp3) is 0.500. The topological polar surface area (TPSA) is 49.8 Å². The average molecular weight is 363 g/mol. The molecule has 1 fully saturated rings. The Labute approximate surface area is 131 Å². The molecule has 0 amide bonds. The molecule has 0 aromatic heterocycles. The molecule has 1 N–H and O–H groups in total. The molecular formula is C14H17BrClNO3. The molecule has 0 atom stereocenters. The molecule has 0 radical (unpaired) electrons. The SMILES string of the molecule is O=C(O)COC1CCN(Cc2ccc(Br)cc2Cl)CC1. The molecule has 6 heteroatoms. The third-order valence-electron chi connectivity index (χ3n) is 3.39. The van der Waals surface area contributed by atoms with Crippen molar-refractivity contribution < 1.29 is 14.6 Å². The van der Waals surface area contributed by atoms with Crippen LogP contribution in [0.25, 0.3) is 0 Å². The molecule has 20 heavy (non-hydrogen) atoms. The zero-order chi connectivity index (χ0) is 14.5. The smallest absolute Gasteiger partial charge is 0.329 e. The lowest BCUT2D eigenvalue weighted by atomic mass is 10.1. The largest absolute Gasteiger partial charge is 0.480 e. The molecule has 1 aliphatic heterocycles. The Bertz CT molecular complexity index is 475. The number of hydrogen-bond acceptors (Lipinski definition) is 3. The number of hydrogen-bond donors (Lipinski definition) is 1. The van der Waals surface area contributed by atoms with Gasteiger partial charge in [-0.15, -0.1) is 0 Å². The summed E-state index contributed by atoms with van der Waals surface area (Å²) in [5.74, 6) is -0.908. The fourth-order valence-corrected chi connectivity index (χ4v) is 3.05. The first kappa shape index (κ1) is 15.8. The summed E-state index contributed by atoms with van der Waals surface area (Å²) in [6.45, 7) is 2.41. The van der Waals surface area contributed by atoms with E-state index in [-0.39, 0.29) is 12.7 Å². The number of likely N-dealkylation sites (tertiary alicyclic amines) is 1. The maximum absolute atomic E-state index is 10.5. The summed E-state index contributed by atoms with van der Waals surface area (Å²) in [7, 11) is 0. The second-order valence-corrected chi connectivity index (χ2v) is 6.24. The van der Waals surface area contributed by atoms with Crippen LogP contribution >= 0.6 is 27.5 Å². The van der Waals surface area contributed by atoms with Crippen LogP contribution in [0.5, 0.6) is 0 Å². The van der Waals surface area contributed by atoms with Gasteiger partial charge in [-0.1, -0.05) is 33.6 Å². The van der Waals surface area contributed by atoms with Crippen molar-refractivity contribution in [2.75, 3.05) is 19.7 Å². The number of halogens is 2. The van der Waals surface area contributed by atoms with E-state index in [4.69, 9.17) is 21.4 Å². The van der Waals surface area contributed by atoms with Gasteiger partial charge in [0, 0.05) is 29.1 Å². The average Bonchev–Trinajstić information content (AvgIpc) is 2.41. The van der Waals surface area contributed by atoms with E-state index in [9.17, 15) is 4.79 Å². The molecule has 1 heterocycles. The molecule has 1 saturated heterocycles. The van der Waals surface area contributed by atoms with E-state index in [2.05, 4.69) is 20.8 Å². The van der Waals surface area contributed by atoms with Crippen LogP contribution in [0.3, 0.4) is 0 Å². The summed E-state index contributed by atoms with van der Waals surface area (Å²) in [6, 6.07) is 5.92. The van der Waals surface area contributed by atoms with E-state index in [1.54, 1.807) is 0 Å². The molecule has 0 aliphatic carbocycles. The van der Waals surface area contributed by atoms with Gasteiger partial charge in [0.05, 0.1) is 6.10 Å². The summed E-state index contributed by atoms with van der Waals surface area (Å²) in [5, 5.41) is 9.36. The second kappa shape index (κ2) is 7.41. The van der Waals surface area contributed by atoms with Crippen molar-refractivity contribution >= 4 is 33.5 Å². The molecule has 0 bridgehead atoms. The minimum atomic E-state index is -0.908. The Balaban J connectivity index is 1.80. The van der Waals surface area contributed by atoms with Gasteiger partial charge in [-0.2, -0.15) is 0 Å². The van der Waals surface area contributed by atoms with E-state index in [1.165, 1.54) is 0 Å². The highest BCUT2D eigenvalue weighted by atomic mass is 79.9. The number of ether oxygens (including phenoxy) is 1. The summed E-state index contributed by atoms with van der Waals surface area (Å²) in [6.07, 6.45) is 1.78. The van der Waals surface area contributed by atoms with Crippen LogP contribution in [0.2, 0.25) is 5.02 Å². The normalized spacial score (nSPS) is 17.3. The lowest BCUT2D eigenvalue weighted by molar-refractivity contribution is -0.145. The van der Waals surface area contributed by atoms with E-state index in [0.717, 1.165) is 47.5 Å². The van der Waals surface area contributed by atoms with E-state index in [1.807, 2.05) is 18.2 Å². The molecular weight excluding hydrogens is 346 g/mol. The summed E-state index contributed by atoms with van der Waals surface area (Å²) < 4.78 is 6.30. The quantitative estimate of drug-likeness (QED) is 0.874. The molecule has 1 aliphatic rings. The number of nitrogens with zero attached hydrogens (tertiary/aromatic N) is 1. The molecule has 4 nitrogen and oxygen atoms in total. The van der Waals surface area contributed by atoms with Crippen molar-refractivity contribution in [1.29, 1.82) is 0 Å². The van der Waals surface area contributed by atoms with Crippen LogP contribution in [-0.4, -0.2) is 41.8 Å². The molecule has 0 saturated carbocycles. The maximum atomic E-state index is 10.5. The lowest BCUT2D eigenvalue weighted by Crippen LogP contribution is -2.37. The third-order valence-corrected chi connectivity index (χ3v) is 4.23. The van der Waals surface area contributed by atoms with Crippen molar-refractivity contribution in [2.45, 2.75) is 25.5 Å². The lowest BCUT2D eigenvalue weighted by Gasteiger charge is -2.31. The predicted octanol–water partition coefficient (Wildman–Crippen LogP) is 3.17. The van der Waals surface area contributed by atoms with E-state index in [0.29, 0.717) is 0 Å². The zero-order valence-corrected chi connectivity index (χ0v) is 13.4. The van der Waals surface area contributed by atoms with Gasteiger partial charge >= 0.3 is 5.97 Å². The van der Waals surface area contributed by atoms with Crippen LogP contribution in [0.15, 0.2) is 22.7 Å². The molecule has 1 aromatic rings. The van der Waals surface area contributed by atoms with Crippen LogP contribution in [0, 0.1) is 0 Å². The van der Waals surface area contributed by atoms with Crippen LogP contribution in [-0.2, 0) is 16.1 Å². The monoisotopic (exact) mass is 361 g/mol. The first-order chi connectivity index (χ1) is 9.54. The van der Waals surface area contributed by atoms with Crippen molar-refractivity contribution in [3.05, 3.63) is 33.3 Å². The highest BCUT2D eigenvalue weighted by Crippen LogP contribution is 2.24. The van der Waals surface area contributed by atoms with Crippen LogP contribution in [0.4, 0.5) is 0 Å². The minimum Gasteiger partial charge on any atom is -0.480 e. The number of carboxylic acids is 1. The molecule has 2 rings (SSSR count). The predicted molar refractivity (Wildman–Crippen MR) is 81.0 cm³/mol. The maximum Gasteiger partial charge on any atom is 0.329 e. The van der Waals surface area contributed by atoms with E-state index >= 15 is 0 Å². The van der Waals surface area contributed by atoms with Crippen molar-refractivity contribution in [3.8, 4) is 0 Å². The Kier molecular flexibility index (Phi) is 5.84. The first-order valence-corrected chi connectivity index (χ1v) is 7.71. The number of rotatable bonds is 5. The van der Waals surface area contributed by atoms with Gasteiger partial charge < -0.3 is 9.84 Å².